The van der Waals surface area contributed by atoms with Crippen LogP contribution in [0.1, 0.15) is 42.8 Å². The summed E-state index contributed by atoms with van der Waals surface area (Å²) in [4.78, 5) is 5.97. The first-order valence-corrected chi connectivity index (χ1v) is 6.99. The van der Waals surface area contributed by atoms with Crippen molar-refractivity contribution >= 4 is 11.3 Å². The molecule has 0 saturated carbocycles. The van der Waals surface area contributed by atoms with E-state index in [1.54, 1.807) is 18.4 Å². The average molecular weight is 256 g/mol. The fraction of sp³-hybridized carbons (Fsp3) is 0.769. The summed E-state index contributed by atoms with van der Waals surface area (Å²) in [5.41, 5.74) is 0.923. The van der Waals surface area contributed by atoms with Gasteiger partial charge in [0.2, 0.25) is 0 Å². The Labute approximate surface area is 109 Å². The van der Waals surface area contributed by atoms with Crippen LogP contribution in [0.5, 0.6) is 0 Å². The molecule has 17 heavy (non-hydrogen) atoms. The molecule has 3 nitrogen and oxygen atoms in total. The average Bonchev–Trinajstić information content (AvgIpc) is 2.66. The molecule has 0 aromatic carbocycles. The molecule has 0 radical (unpaired) electrons. The largest absolute Gasteiger partial charge is 0.379 e. The molecule has 0 bridgehead atoms. The minimum absolute atomic E-state index is 0.0963. The van der Waals surface area contributed by atoms with Crippen molar-refractivity contribution in [1.82, 2.24) is 10.3 Å². The molecule has 0 fully saturated rings. The molecular weight excluding hydrogens is 232 g/mol. The number of ether oxygens (including phenoxy) is 1. The third-order valence-corrected chi connectivity index (χ3v) is 4.69. The zero-order chi connectivity index (χ0) is 13.1. The summed E-state index contributed by atoms with van der Waals surface area (Å²) in [6.07, 6.45) is 1.20. The van der Waals surface area contributed by atoms with Crippen molar-refractivity contribution in [3.05, 3.63) is 15.6 Å². The second-order valence-corrected chi connectivity index (χ2v) is 5.87. The summed E-state index contributed by atoms with van der Waals surface area (Å²) in [5.74, 6) is 0. The lowest BCUT2D eigenvalue weighted by atomic mass is 9.96. The Bertz CT molecular complexity index is 345. The summed E-state index contributed by atoms with van der Waals surface area (Å²) in [5, 5.41) is 4.70. The molecule has 0 saturated heterocycles. The van der Waals surface area contributed by atoms with Gasteiger partial charge in [0.25, 0.3) is 0 Å². The fourth-order valence-corrected chi connectivity index (χ4v) is 2.82. The van der Waals surface area contributed by atoms with Crippen molar-refractivity contribution in [3.63, 3.8) is 0 Å². The Morgan fingerprint density at radius 1 is 1.47 bits per heavy atom. The third-order valence-electron chi connectivity index (χ3n) is 3.38. The summed E-state index contributed by atoms with van der Waals surface area (Å²) in [6.45, 7) is 11.6. The van der Waals surface area contributed by atoms with E-state index in [9.17, 15) is 0 Å². The van der Waals surface area contributed by atoms with Crippen LogP contribution in [-0.4, -0.2) is 24.7 Å². The van der Waals surface area contributed by atoms with Crippen molar-refractivity contribution in [2.75, 3.05) is 13.7 Å². The van der Waals surface area contributed by atoms with Gasteiger partial charge in [-0.05, 0) is 40.7 Å². The van der Waals surface area contributed by atoms with E-state index in [0.29, 0.717) is 0 Å². The van der Waals surface area contributed by atoms with Gasteiger partial charge in [-0.2, -0.15) is 0 Å². The van der Waals surface area contributed by atoms with E-state index >= 15 is 0 Å². The molecule has 0 aliphatic rings. The number of nitrogens with zero attached hydrogens (tertiary/aromatic N) is 1. The molecule has 1 N–H and O–H groups in total. The Morgan fingerprint density at radius 2 is 2.12 bits per heavy atom. The van der Waals surface area contributed by atoms with Crippen LogP contribution in [0.25, 0.3) is 0 Å². The topological polar surface area (TPSA) is 34.2 Å². The summed E-state index contributed by atoms with van der Waals surface area (Å²) >= 11 is 1.76. The number of aryl methyl sites for hydroxylation is 2. The van der Waals surface area contributed by atoms with Crippen LogP contribution in [0.3, 0.4) is 0 Å². The summed E-state index contributed by atoms with van der Waals surface area (Å²) in [6, 6.07) is 0. The van der Waals surface area contributed by atoms with Gasteiger partial charge >= 0.3 is 0 Å². The van der Waals surface area contributed by atoms with Gasteiger partial charge in [0.1, 0.15) is 5.01 Å². The first kappa shape index (κ1) is 14.6. The number of hydrogen-bond acceptors (Lipinski definition) is 4. The van der Waals surface area contributed by atoms with Gasteiger partial charge < -0.3 is 10.1 Å². The van der Waals surface area contributed by atoms with Crippen molar-refractivity contribution < 1.29 is 4.74 Å². The van der Waals surface area contributed by atoms with Crippen LogP contribution >= 0.6 is 11.3 Å². The molecule has 2 unspecified atom stereocenters. The van der Waals surface area contributed by atoms with Gasteiger partial charge in [-0.15, -0.1) is 11.3 Å². The molecule has 1 heterocycles. The highest BCUT2D eigenvalue weighted by molar-refractivity contribution is 7.11. The van der Waals surface area contributed by atoms with Gasteiger partial charge in [-0.1, -0.05) is 6.92 Å². The van der Waals surface area contributed by atoms with Crippen LogP contribution in [0, 0.1) is 13.8 Å². The van der Waals surface area contributed by atoms with E-state index in [1.165, 1.54) is 4.88 Å². The van der Waals surface area contributed by atoms with Gasteiger partial charge in [-0.25, -0.2) is 4.98 Å². The highest BCUT2D eigenvalue weighted by Crippen LogP contribution is 2.31. The highest BCUT2D eigenvalue weighted by Gasteiger charge is 2.35. The molecule has 98 valence electrons. The first-order chi connectivity index (χ1) is 7.95. The number of methoxy groups -OCH3 is 1. The smallest absolute Gasteiger partial charge is 0.116 e. The summed E-state index contributed by atoms with van der Waals surface area (Å²) in [7, 11) is 1.75. The van der Waals surface area contributed by atoms with Crippen molar-refractivity contribution in [1.29, 1.82) is 0 Å². The number of rotatable bonds is 6. The van der Waals surface area contributed by atoms with Gasteiger partial charge in [0.15, 0.2) is 0 Å². The zero-order valence-corrected chi connectivity index (χ0v) is 12.6. The maximum Gasteiger partial charge on any atom is 0.116 e. The van der Waals surface area contributed by atoms with Crippen LogP contribution < -0.4 is 5.32 Å². The second kappa shape index (κ2) is 5.94. The number of hydrogen-bond donors (Lipinski definition) is 1. The molecule has 0 aliphatic heterocycles. The molecule has 0 amide bonds. The van der Waals surface area contributed by atoms with E-state index in [1.807, 2.05) is 0 Å². The molecule has 1 aromatic rings. The van der Waals surface area contributed by atoms with E-state index < -0.39 is 0 Å². The molecule has 4 heteroatoms. The Morgan fingerprint density at radius 3 is 2.53 bits per heavy atom. The zero-order valence-electron chi connectivity index (χ0n) is 11.8. The molecule has 1 aromatic heterocycles. The third kappa shape index (κ3) is 3.06. The minimum atomic E-state index is -0.200. The summed E-state index contributed by atoms with van der Waals surface area (Å²) < 4.78 is 5.52. The van der Waals surface area contributed by atoms with E-state index in [0.717, 1.165) is 23.7 Å². The highest BCUT2D eigenvalue weighted by atomic mass is 32.1. The van der Waals surface area contributed by atoms with Crippen LogP contribution in [0.4, 0.5) is 0 Å². The second-order valence-electron chi connectivity index (χ2n) is 4.67. The standard InChI is InChI=1S/C13H24N2OS/c1-7-8-14-13(5,11(4)16-6)12-15-9(2)10(3)17-12/h11,14H,7-8H2,1-6H3. The van der Waals surface area contributed by atoms with E-state index in [4.69, 9.17) is 4.74 Å². The Balaban J connectivity index is 3.04. The van der Waals surface area contributed by atoms with Gasteiger partial charge in [-0.3, -0.25) is 0 Å². The van der Waals surface area contributed by atoms with E-state index in [-0.39, 0.29) is 11.6 Å². The van der Waals surface area contributed by atoms with Crippen molar-refractivity contribution in [3.8, 4) is 0 Å². The predicted molar refractivity (Wildman–Crippen MR) is 73.7 cm³/mol. The first-order valence-electron chi connectivity index (χ1n) is 6.18. The predicted octanol–water partition coefficient (Wildman–Crippen LogP) is 3.01. The molecule has 0 spiro atoms. The molecule has 0 aliphatic carbocycles. The maximum absolute atomic E-state index is 5.52. The normalized spacial score (nSPS) is 16.8. The Hall–Kier alpha value is -0.450. The molecule has 2 atom stereocenters. The van der Waals surface area contributed by atoms with Gasteiger partial charge in [0.05, 0.1) is 17.3 Å². The number of nitrogens with one attached hydrogen (secondary N) is 1. The van der Waals surface area contributed by atoms with Crippen LogP contribution in [0.15, 0.2) is 0 Å². The minimum Gasteiger partial charge on any atom is -0.379 e. The number of aromatic nitrogens is 1. The van der Waals surface area contributed by atoms with Crippen molar-refractivity contribution in [2.45, 2.75) is 52.7 Å². The van der Waals surface area contributed by atoms with Crippen molar-refractivity contribution in [2.24, 2.45) is 0 Å². The molecule has 1 rings (SSSR count). The lowest BCUT2D eigenvalue weighted by Crippen LogP contribution is -2.49. The number of thiazole rings is 1. The van der Waals surface area contributed by atoms with Crippen LogP contribution in [0.2, 0.25) is 0 Å². The van der Waals surface area contributed by atoms with Crippen LogP contribution in [-0.2, 0) is 10.3 Å². The maximum atomic E-state index is 5.52. The quantitative estimate of drug-likeness (QED) is 0.849. The lowest BCUT2D eigenvalue weighted by molar-refractivity contribution is 0.0362. The SMILES string of the molecule is CCCNC(C)(c1nc(C)c(C)s1)C(C)OC. The Kier molecular flexibility index (Phi) is 5.10. The van der Waals surface area contributed by atoms with E-state index in [2.05, 4.69) is 44.9 Å². The lowest BCUT2D eigenvalue weighted by Gasteiger charge is -2.34. The fourth-order valence-electron chi connectivity index (χ4n) is 1.71. The molecular formula is C13H24N2OS. The van der Waals surface area contributed by atoms with Gasteiger partial charge in [0, 0.05) is 12.0 Å². The monoisotopic (exact) mass is 256 g/mol.